The molecule has 0 radical (unpaired) electrons. The van der Waals surface area contributed by atoms with Gasteiger partial charge in [0.25, 0.3) is 0 Å². The van der Waals surface area contributed by atoms with Crippen LogP contribution in [0.3, 0.4) is 0 Å². The molecule has 6 heteroatoms. The van der Waals surface area contributed by atoms with Crippen LogP contribution in [0.2, 0.25) is 0 Å². The zero-order chi connectivity index (χ0) is 15.4. The van der Waals surface area contributed by atoms with Gasteiger partial charge >= 0.3 is 0 Å². The van der Waals surface area contributed by atoms with Crippen LogP contribution in [0.5, 0.6) is 0 Å². The normalized spacial score (nSPS) is 10.2. The van der Waals surface area contributed by atoms with Crippen molar-refractivity contribution in [1.82, 2.24) is 9.78 Å². The fraction of sp³-hybridized carbons (Fsp3) is 0.267. The predicted molar refractivity (Wildman–Crippen MR) is 81.5 cm³/mol. The van der Waals surface area contributed by atoms with Crippen molar-refractivity contribution in [2.24, 2.45) is 7.05 Å². The second kappa shape index (κ2) is 6.21. The van der Waals surface area contributed by atoms with Crippen LogP contribution < -0.4 is 10.6 Å². The molecule has 0 unspecified atom stereocenters. The van der Waals surface area contributed by atoms with Gasteiger partial charge in [-0.25, -0.2) is 0 Å². The topological polar surface area (TPSA) is 76.0 Å². The van der Waals surface area contributed by atoms with Crippen LogP contribution >= 0.6 is 0 Å². The molecule has 110 valence electrons. The molecule has 2 N–H and O–H groups in total. The highest BCUT2D eigenvalue weighted by atomic mass is 16.2. The van der Waals surface area contributed by atoms with Crippen LogP contribution in [0, 0.1) is 6.92 Å². The number of amides is 1. The zero-order valence-electron chi connectivity index (χ0n) is 12.3. The molecule has 2 rings (SSSR count). The highest BCUT2D eigenvalue weighted by molar-refractivity contribution is 5.95. The van der Waals surface area contributed by atoms with Gasteiger partial charge in [-0.3, -0.25) is 14.3 Å². The van der Waals surface area contributed by atoms with E-state index in [1.165, 1.54) is 6.92 Å². The Morgan fingerprint density at radius 2 is 2.05 bits per heavy atom. The monoisotopic (exact) mass is 286 g/mol. The Hall–Kier alpha value is -2.63. The molecule has 0 fully saturated rings. The van der Waals surface area contributed by atoms with Crippen molar-refractivity contribution >= 4 is 23.2 Å². The summed E-state index contributed by atoms with van der Waals surface area (Å²) in [6, 6.07) is 8.86. The number of Topliss-reactive ketones (excluding diaryl/α,β-unsaturated/α-hetero) is 1. The molecule has 21 heavy (non-hydrogen) atoms. The Kier molecular flexibility index (Phi) is 4.37. The number of nitrogens with one attached hydrogen (secondary N) is 2. The molecule has 0 aliphatic carbocycles. The van der Waals surface area contributed by atoms with Crippen LogP contribution in [-0.4, -0.2) is 28.0 Å². The van der Waals surface area contributed by atoms with E-state index in [2.05, 4.69) is 15.7 Å². The largest absolute Gasteiger partial charge is 0.376 e. The summed E-state index contributed by atoms with van der Waals surface area (Å²) in [6.07, 6.45) is 0. The summed E-state index contributed by atoms with van der Waals surface area (Å²) in [4.78, 5) is 23.2. The number of ketones is 1. The molecule has 0 spiro atoms. The van der Waals surface area contributed by atoms with Crippen molar-refractivity contribution in [3.8, 4) is 0 Å². The van der Waals surface area contributed by atoms with Gasteiger partial charge in [-0.2, -0.15) is 5.10 Å². The van der Waals surface area contributed by atoms with Crippen molar-refractivity contribution in [3.63, 3.8) is 0 Å². The van der Waals surface area contributed by atoms with Gasteiger partial charge in [0, 0.05) is 24.4 Å². The molecule has 6 nitrogen and oxygen atoms in total. The summed E-state index contributed by atoms with van der Waals surface area (Å²) >= 11 is 0. The summed E-state index contributed by atoms with van der Waals surface area (Å²) in [7, 11) is 1.77. The Balaban J connectivity index is 1.93. The molecule has 1 aromatic heterocycles. The van der Waals surface area contributed by atoms with Crippen molar-refractivity contribution in [1.29, 1.82) is 0 Å². The molecule has 1 heterocycles. The molecule has 0 aliphatic rings. The smallest absolute Gasteiger partial charge is 0.244 e. The maximum absolute atomic E-state index is 11.9. The first kappa shape index (κ1) is 14.8. The first-order valence-electron chi connectivity index (χ1n) is 6.61. The van der Waals surface area contributed by atoms with Crippen LogP contribution in [0.15, 0.2) is 30.3 Å². The van der Waals surface area contributed by atoms with Gasteiger partial charge in [0.15, 0.2) is 5.78 Å². The fourth-order valence-electron chi connectivity index (χ4n) is 1.95. The van der Waals surface area contributed by atoms with Crippen LogP contribution in [0.25, 0.3) is 0 Å². The third-order valence-corrected chi connectivity index (χ3v) is 2.99. The molecule has 0 saturated carbocycles. The van der Waals surface area contributed by atoms with Gasteiger partial charge < -0.3 is 10.6 Å². The third kappa shape index (κ3) is 3.92. The lowest BCUT2D eigenvalue weighted by Gasteiger charge is -2.08. The van der Waals surface area contributed by atoms with E-state index in [1.54, 1.807) is 36.0 Å². The molecular weight excluding hydrogens is 268 g/mol. The third-order valence-electron chi connectivity index (χ3n) is 2.99. The summed E-state index contributed by atoms with van der Waals surface area (Å²) in [6.45, 7) is 3.49. The number of benzene rings is 1. The molecule has 0 atom stereocenters. The van der Waals surface area contributed by atoms with Gasteiger partial charge in [0.2, 0.25) is 5.91 Å². The van der Waals surface area contributed by atoms with Gasteiger partial charge in [-0.1, -0.05) is 12.1 Å². The second-order valence-electron chi connectivity index (χ2n) is 4.83. The van der Waals surface area contributed by atoms with E-state index in [0.29, 0.717) is 11.4 Å². The van der Waals surface area contributed by atoms with Gasteiger partial charge in [0.1, 0.15) is 5.82 Å². The average Bonchev–Trinajstić information content (AvgIpc) is 2.75. The van der Waals surface area contributed by atoms with E-state index in [1.807, 2.05) is 13.0 Å². The number of nitrogens with zero attached hydrogens (tertiary/aromatic N) is 2. The standard InChI is InChI=1S/C15H18N4O2/c1-10-7-14(19(3)18-10)17-15(21)9-16-13-6-4-5-12(8-13)11(2)20/h4-8,16H,9H2,1-3H3,(H,17,21). The molecular formula is C15H18N4O2. The lowest BCUT2D eigenvalue weighted by atomic mass is 10.1. The lowest BCUT2D eigenvalue weighted by Crippen LogP contribution is -2.23. The fourth-order valence-corrected chi connectivity index (χ4v) is 1.95. The highest BCUT2D eigenvalue weighted by Crippen LogP contribution is 2.11. The van der Waals surface area contributed by atoms with Crippen molar-refractivity contribution in [3.05, 3.63) is 41.6 Å². The Morgan fingerprint density at radius 1 is 1.29 bits per heavy atom. The van der Waals surface area contributed by atoms with E-state index in [0.717, 1.165) is 11.4 Å². The lowest BCUT2D eigenvalue weighted by molar-refractivity contribution is -0.114. The Bertz CT molecular complexity index is 676. The number of hydrogen-bond donors (Lipinski definition) is 2. The molecule has 0 aliphatic heterocycles. The van der Waals surface area contributed by atoms with Crippen LogP contribution in [0.1, 0.15) is 23.0 Å². The summed E-state index contributed by atoms with van der Waals surface area (Å²) in [5, 5.41) is 9.92. The van der Waals surface area contributed by atoms with Gasteiger partial charge in [-0.15, -0.1) is 0 Å². The summed E-state index contributed by atoms with van der Waals surface area (Å²) < 4.78 is 1.61. The minimum atomic E-state index is -0.175. The summed E-state index contributed by atoms with van der Waals surface area (Å²) in [5.74, 6) is 0.469. The van der Waals surface area contributed by atoms with Crippen molar-refractivity contribution in [2.75, 3.05) is 17.2 Å². The van der Waals surface area contributed by atoms with Gasteiger partial charge in [0.05, 0.1) is 12.2 Å². The first-order valence-corrected chi connectivity index (χ1v) is 6.61. The number of aryl methyl sites for hydroxylation is 2. The second-order valence-corrected chi connectivity index (χ2v) is 4.83. The van der Waals surface area contributed by atoms with Crippen LogP contribution in [0.4, 0.5) is 11.5 Å². The molecule has 1 aromatic carbocycles. The quantitative estimate of drug-likeness (QED) is 0.824. The number of anilines is 2. The zero-order valence-corrected chi connectivity index (χ0v) is 12.3. The molecule has 1 amide bonds. The SMILES string of the molecule is CC(=O)c1cccc(NCC(=O)Nc2cc(C)nn2C)c1. The molecule has 2 aromatic rings. The van der Waals surface area contributed by atoms with E-state index < -0.39 is 0 Å². The van der Waals surface area contributed by atoms with Crippen molar-refractivity contribution in [2.45, 2.75) is 13.8 Å². The minimum Gasteiger partial charge on any atom is -0.376 e. The van der Waals surface area contributed by atoms with Crippen LogP contribution in [-0.2, 0) is 11.8 Å². The predicted octanol–water partition coefficient (Wildman–Crippen LogP) is 1.98. The first-order chi connectivity index (χ1) is 9.95. The number of aromatic nitrogens is 2. The van der Waals surface area contributed by atoms with E-state index >= 15 is 0 Å². The number of carbonyl (C=O) groups is 2. The minimum absolute atomic E-state index is 0.00605. The average molecular weight is 286 g/mol. The highest BCUT2D eigenvalue weighted by Gasteiger charge is 2.07. The Labute approximate surface area is 123 Å². The number of rotatable bonds is 5. The van der Waals surface area contributed by atoms with E-state index in [4.69, 9.17) is 0 Å². The Morgan fingerprint density at radius 3 is 2.67 bits per heavy atom. The number of carbonyl (C=O) groups excluding carboxylic acids is 2. The molecule has 0 bridgehead atoms. The summed E-state index contributed by atoms with van der Waals surface area (Å²) in [5.41, 5.74) is 2.19. The van der Waals surface area contributed by atoms with Gasteiger partial charge in [-0.05, 0) is 26.0 Å². The van der Waals surface area contributed by atoms with E-state index in [-0.39, 0.29) is 18.2 Å². The van der Waals surface area contributed by atoms with E-state index in [9.17, 15) is 9.59 Å². The number of hydrogen-bond acceptors (Lipinski definition) is 4. The maximum Gasteiger partial charge on any atom is 0.244 e. The van der Waals surface area contributed by atoms with Crippen molar-refractivity contribution < 1.29 is 9.59 Å². The maximum atomic E-state index is 11.9. The molecule has 0 saturated heterocycles.